The molecule has 1 N–H and O–H groups in total. The Bertz CT molecular complexity index is 649. The van der Waals surface area contributed by atoms with E-state index in [1.54, 1.807) is 37.3 Å². The van der Waals surface area contributed by atoms with E-state index >= 15 is 0 Å². The fourth-order valence-electron chi connectivity index (χ4n) is 2.98. The first kappa shape index (κ1) is 19.8. The number of piperidine rings is 1. The van der Waals surface area contributed by atoms with Gasteiger partial charge in [-0.2, -0.15) is 0 Å². The Balaban J connectivity index is 1.91. The molecule has 0 atom stereocenters. The molecule has 1 heterocycles. The number of nitrogens with zero attached hydrogens (tertiary/aromatic N) is 1. The highest BCUT2D eigenvalue weighted by atomic mass is 16.5. The monoisotopic (exact) mass is 360 g/mol. The van der Waals surface area contributed by atoms with Crippen molar-refractivity contribution in [3.8, 4) is 11.5 Å². The van der Waals surface area contributed by atoms with E-state index in [1.807, 2.05) is 19.1 Å². The van der Waals surface area contributed by atoms with E-state index < -0.39 is 0 Å². The summed E-state index contributed by atoms with van der Waals surface area (Å²) in [5.41, 5.74) is 0.815. The van der Waals surface area contributed by atoms with E-state index in [2.05, 4.69) is 5.32 Å². The normalized spacial score (nSPS) is 15.1. The second kappa shape index (κ2) is 9.85. The lowest BCUT2D eigenvalue weighted by molar-refractivity contribution is -0.132. The molecule has 0 aliphatic carbocycles. The van der Waals surface area contributed by atoms with Crippen molar-refractivity contribution < 1.29 is 19.1 Å². The minimum Gasteiger partial charge on any atom is -0.497 e. The van der Waals surface area contributed by atoms with E-state index in [1.165, 1.54) is 0 Å². The highest BCUT2D eigenvalue weighted by Crippen LogP contribution is 2.26. The Hall–Kier alpha value is -2.50. The summed E-state index contributed by atoms with van der Waals surface area (Å²) in [6.07, 6.45) is 5.66. The van der Waals surface area contributed by atoms with Crippen molar-refractivity contribution in [2.24, 2.45) is 5.92 Å². The summed E-state index contributed by atoms with van der Waals surface area (Å²) in [5.74, 6) is 1.43. The highest BCUT2D eigenvalue weighted by molar-refractivity contribution is 5.92. The summed E-state index contributed by atoms with van der Waals surface area (Å²) in [6.45, 7) is 3.95. The van der Waals surface area contributed by atoms with Gasteiger partial charge in [-0.15, -0.1) is 0 Å². The molecule has 0 saturated carbocycles. The van der Waals surface area contributed by atoms with Crippen LogP contribution in [-0.4, -0.2) is 50.6 Å². The summed E-state index contributed by atoms with van der Waals surface area (Å²) >= 11 is 0. The van der Waals surface area contributed by atoms with Crippen molar-refractivity contribution >= 4 is 17.9 Å². The van der Waals surface area contributed by atoms with Gasteiger partial charge in [-0.05, 0) is 37.5 Å². The Labute approximate surface area is 155 Å². The van der Waals surface area contributed by atoms with E-state index in [4.69, 9.17) is 9.47 Å². The number of rotatable bonds is 7. The van der Waals surface area contributed by atoms with Gasteiger partial charge in [0, 0.05) is 43.3 Å². The summed E-state index contributed by atoms with van der Waals surface area (Å²) in [5, 5.41) is 2.93. The first-order chi connectivity index (χ1) is 12.6. The quantitative estimate of drug-likeness (QED) is 0.759. The van der Waals surface area contributed by atoms with Crippen LogP contribution >= 0.6 is 0 Å². The number of benzene rings is 1. The number of carbonyl (C=O) groups is 2. The Morgan fingerprint density at radius 3 is 2.58 bits per heavy atom. The van der Waals surface area contributed by atoms with Gasteiger partial charge in [0.15, 0.2) is 0 Å². The van der Waals surface area contributed by atoms with Gasteiger partial charge in [-0.25, -0.2) is 0 Å². The minimum absolute atomic E-state index is 0.0104. The molecule has 1 aliphatic rings. The molecule has 2 rings (SSSR count). The van der Waals surface area contributed by atoms with Crippen LogP contribution in [-0.2, 0) is 9.59 Å². The Morgan fingerprint density at radius 1 is 1.23 bits per heavy atom. The van der Waals surface area contributed by atoms with Crippen LogP contribution in [0, 0.1) is 5.92 Å². The van der Waals surface area contributed by atoms with Gasteiger partial charge >= 0.3 is 0 Å². The molecule has 6 nitrogen and oxygen atoms in total. The van der Waals surface area contributed by atoms with E-state index in [0.717, 1.165) is 12.0 Å². The van der Waals surface area contributed by atoms with Gasteiger partial charge < -0.3 is 19.7 Å². The molecule has 2 amide bonds. The van der Waals surface area contributed by atoms with Crippen LogP contribution in [0.4, 0.5) is 0 Å². The number of nitrogens with one attached hydrogen (secondary N) is 1. The van der Waals surface area contributed by atoms with Gasteiger partial charge in [0.2, 0.25) is 11.8 Å². The van der Waals surface area contributed by atoms with Crippen molar-refractivity contribution in [2.45, 2.75) is 26.2 Å². The fourth-order valence-corrected chi connectivity index (χ4v) is 2.98. The van der Waals surface area contributed by atoms with Gasteiger partial charge in [0.1, 0.15) is 11.5 Å². The molecule has 0 aromatic heterocycles. The lowest BCUT2D eigenvalue weighted by atomic mass is 9.96. The predicted octanol–water partition coefficient (Wildman–Crippen LogP) is 2.48. The van der Waals surface area contributed by atoms with Crippen molar-refractivity contribution in [3.63, 3.8) is 0 Å². The van der Waals surface area contributed by atoms with Crippen LogP contribution < -0.4 is 14.8 Å². The average molecular weight is 360 g/mol. The van der Waals surface area contributed by atoms with Gasteiger partial charge in [0.05, 0.1) is 14.2 Å². The Morgan fingerprint density at radius 2 is 1.96 bits per heavy atom. The molecular formula is C20H28N2O4. The maximum Gasteiger partial charge on any atom is 0.246 e. The van der Waals surface area contributed by atoms with Gasteiger partial charge in [-0.3, -0.25) is 9.59 Å². The minimum atomic E-state index is -0.0460. The number of ether oxygens (including phenoxy) is 2. The number of carbonyl (C=O) groups excluding carboxylic acids is 2. The SMILES string of the molecule is CCCNC(=O)C1CCN(C(=O)/C=C/c2ccc(OC)cc2OC)CC1. The van der Waals surface area contributed by atoms with Crippen LogP contribution in [0.25, 0.3) is 6.08 Å². The summed E-state index contributed by atoms with van der Waals surface area (Å²) in [6, 6.07) is 5.46. The molecule has 26 heavy (non-hydrogen) atoms. The third-order valence-corrected chi connectivity index (χ3v) is 4.57. The van der Waals surface area contributed by atoms with Crippen molar-refractivity contribution in [3.05, 3.63) is 29.8 Å². The number of hydrogen-bond donors (Lipinski definition) is 1. The molecule has 142 valence electrons. The number of hydrogen-bond acceptors (Lipinski definition) is 4. The summed E-state index contributed by atoms with van der Waals surface area (Å²) in [7, 11) is 3.18. The molecule has 0 bridgehead atoms. The topological polar surface area (TPSA) is 67.9 Å². The maximum absolute atomic E-state index is 12.4. The largest absolute Gasteiger partial charge is 0.497 e. The van der Waals surface area contributed by atoms with Crippen molar-refractivity contribution in [1.82, 2.24) is 10.2 Å². The molecule has 0 unspecified atom stereocenters. The second-order valence-corrected chi connectivity index (χ2v) is 6.33. The molecule has 0 radical (unpaired) electrons. The number of methoxy groups -OCH3 is 2. The van der Waals surface area contributed by atoms with E-state index in [0.29, 0.717) is 44.0 Å². The van der Waals surface area contributed by atoms with Gasteiger partial charge in [-0.1, -0.05) is 6.92 Å². The lowest BCUT2D eigenvalue weighted by Gasteiger charge is -2.30. The molecule has 0 spiro atoms. The smallest absolute Gasteiger partial charge is 0.246 e. The van der Waals surface area contributed by atoms with Crippen LogP contribution in [0.5, 0.6) is 11.5 Å². The van der Waals surface area contributed by atoms with Crippen LogP contribution in [0.3, 0.4) is 0 Å². The third kappa shape index (κ3) is 5.25. The molecule has 1 aromatic rings. The Kier molecular flexibility index (Phi) is 7.51. The van der Waals surface area contributed by atoms with Crippen LogP contribution in [0.2, 0.25) is 0 Å². The standard InChI is InChI=1S/C20H28N2O4/c1-4-11-21-20(24)16-9-12-22(13-10-16)19(23)8-6-15-5-7-17(25-2)14-18(15)26-3/h5-8,14,16H,4,9-13H2,1-3H3,(H,21,24)/b8-6+. The zero-order valence-electron chi connectivity index (χ0n) is 15.8. The van der Waals surface area contributed by atoms with Crippen molar-refractivity contribution in [2.75, 3.05) is 33.9 Å². The number of amides is 2. The van der Waals surface area contributed by atoms with Crippen LogP contribution in [0.15, 0.2) is 24.3 Å². The highest BCUT2D eigenvalue weighted by Gasteiger charge is 2.26. The maximum atomic E-state index is 12.4. The van der Waals surface area contributed by atoms with Crippen molar-refractivity contribution in [1.29, 1.82) is 0 Å². The third-order valence-electron chi connectivity index (χ3n) is 4.57. The number of likely N-dealkylation sites (tertiary alicyclic amines) is 1. The second-order valence-electron chi connectivity index (χ2n) is 6.33. The average Bonchev–Trinajstić information content (AvgIpc) is 2.70. The first-order valence-electron chi connectivity index (χ1n) is 9.05. The summed E-state index contributed by atoms with van der Waals surface area (Å²) in [4.78, 5) is 26.2. The molecule has 1 saturated heterocycles. The molecule has 1 fully saturated rings. The lowest BCUT2D eigenvalue weighted by Crippen LogP contribution is -2.42. The fraction of sp³-hybridized carbons (Fsp3) is 0.500. The van der Waals surface area contributed by atoms with E-state index in [9.17, 15) is 9.59 Å². The van der Waals surface area contributed by atoms with Crippen LogP contribution in [0.1, 0.15) is 31.7 Å². The molecule has 6 heteroatoms. The van der Waals surface area contributed by atoms with E-state index in [-0.39, 0.29) is 17.7 Å². The molecule has 1 aliphatic heterocycles. The summed E-state index contributed by atoms with van der Waals surface area (Å²) < 4.78 is 10.5. The zero-order valence-corrected chi connectivity index (χ0v) is 15.8. The predicted molar refractivity (Wildman–Crippen MR) is 101 cm³/mol. The zero-order chi connectivity index (χ0) is 18.9. The molecular weight excluding hydrogens is 332 g/mol. The molecule has 1 aromatic carbocycles. The first-order valence-corrected chi connectivity index (χ1v) is 9.05. The van der Waals surface area contributed by atoms with Gasteiger partial charge in [0.25, 0.3) is 0 Å².